The highest BCUT2D eigenvalue weighted by Crippen LogP contribution is 2.28. The van der Waals surface area contributed by atoms with E-state index in [0.717, 1.165) is 31.5 Å². The zero-order valence-corrected chi connectivity index (χ0v) is 10.6. The fourth-order valence-electron chi connectivity index (χ4n) is 2.46. The molecule has 2 aliphatic rings. The lowest BCUT2D eigenvalue weighted by Gasteiger charge is -2.22. The summed E-state index contributed by atoms with van der Waals surface area (Å²) in [6.45, 7) is 4.44. The summed E-state index contributed by atoms with van der Waals surface area (Å²) in [5.74, 6) is 0.912. The zero-order chi connectivity index (χ0) is 11.7. The topological polar surface area (TPSA) is 32.3 Å². The van der Waals surface area contributed by atoms with Crippen LogP contribution in [0.1, 0.15) is 19.3 Å². The lowest BCUT2D eigenvalue weighted by Crippen LogP contribution is -2.32. The van der Waals surface area contributed by atoms with Gasteiger partial charge in [-0.25, -0.2) is 4.98 Å². The summed E-state index contributed by atoms with van der Waals surface area (Å²) >= 11 is 5.88. The Bertz CT molecular complexity index is 394. The summed E-state index contributed by atoms with van der Waals surface area (Å²) in [7, 11) is 0. The van der Waals surface area contributed by atoms with Crippen LogP contribution >= 0.6 is 11.6 Å². The van der Waals surface area contributed by atoms with Crippen LogP contribution in [-0.2, 0) is 0 Å². The molecule has 17 heavy (non-hydrogen) atoms. The van der Waals surface area contributed by atoms with Gasteiger partial charge in [-0.15, -0.1) is 0 Å². The standard InChI is InChI=1S/C12H17ClN4/c13-11-8-14-9-12(15-11)17-5-1-4-16(6-7-17)10-2-3-10/h8-10H,1-7H2. The average molecular weight is 253 g/mol. The van der Waals surface area contributed by atoms with E-state index in [-0.39, 0.29) is 0 Å². The van der Waals surface area contributed by atoms with Crippen molar-refractivity contribution in [3.05, 3.63) is 17.5 Å². The first-order chi connectivity index (χ1) is 8.33. The highest BCUT2D eigenvalue weighted by Gasteiger charge is 2.30. The fraction of sp³-hybridized carbons (Fsp3) is 0.667. The van der Waals surface area contributed by atoms with Gasteiger partial charge in [0.2, 0.25) is 0 Å². The predicted octanol–water partition coefficient (Wildman–Crippen LogP) is 1.80. The van der Waals surface area contributed by atoms with Gasteiger partial charge in [-0.2, -0.15) is 0 Å². The van der Waals surface area contributed by atoms with Gasteiger partial charge in [0, 0.05) is 32.2 Å². The zero-order valence-electron chi connectivity index (χ0n) is 9.85. The summed E-state index contributed by atoms with van der Waals surface area (Å²) in [6.07, 6.45) is 7.36. The molecule has 0 unspecified atom stereocenters. The molecule has 0 bridgehead atoms. The van der Waals surface area contributed by atoms with Gasteiger partial charge in [0.15, 0.2) is 0 Å². The van der Waals surface area contributed by atoms with Crippen molar-refractivity contribution in [2.75, 3.05) is 31.1 Å². The van der Waals surface area contributed by atoms with Crippen LogP contribution in [-0.4, -0.2) is 47.1 Å². The molecular formula is C12H17ClN4. The SMILES string of the molecule is Clc1cncc(N2CCCN(C3CC3)CC2)n1. The van der Waals surface area contributed by atoms with E-state index in [1.807, 2.05) is 0 Å². The van der Waals surface area contributed by atoms with Crippen molar-refractivity contribution < 1.29 is 0 Å². The van der Waals surface area contributed by atoms with Gasteiger partial charge in [0.1, 0.15) is 11.0 Å². The summed E-state index contributed by atoms with van der Waals surface area (Å²) in [5.41, 5.74) is 0. The predicted molar refractivity (Wildman–Crippen MR) is 68.5 cm³/mol. The molecule has 1 saturated heterocycles. The summed E-state index contributed by atoms with van der Waals surface area (Å²) in [5, 5.41) is 0.478. The second-order valence-electron chi connectivity index (χ2n) is 4.81. The van der Waals surface area contributed by atoms with Crippen molar-refractivity contribution in [1.82, 2.24) is 14.9 Å². The summed E-state index contributed by atoms with van der Waals surface area (Å²) in [4.78, 5) is 13.3. The van der Waals surface area contributed by atoms with Crippen LogP contribution in [0.25, 0.3) is 0 Å². The van der Waals surface area contributed by atoms with Gasteiger partial charge >= 0.3 is 0 Å². The molecule has 0 amide bonds. The number of anilines is 1. The van der Waals surface area contributed by atoms with Crippen LogP contribution in [0.3, 0.4) is 0 Å². The van der Waals surface area contributed by atoms with Crippen molar-refractivity contribution in [1.29, 1.82) is 0 Å². The molecule has 0 N–H and O–H groups in total. The molecule has 2 fully saturated rings. The van der Waals surface area contributed by atoms with E-state index in [1.165, 1.54) is 25.8 Å². The molecule has 92 valence electrons. The normalized spacial score (nSPS) is 22.5. The van der Waals surface area contributed by atoms with Gasteiger partial charge < -0.3 is 4.90 Å². The quantitative estimate of drug-likeness (QED) is 0.804. The van der Waals surface area contributed by atoms with Crippen molar-refractivity contribution in [3.63, 3.8) is 0 Å². The second-order valence-corrected chi connectivity index (χ2v) is 5.19. The molecule has 1 aliphatic carbocycles. The summed E-state index contributed by atoms with van der Waals surface area (Å²) in [6, 6.07) is 0.861. The molecule has 2 heterocycles. The van der Waals surface area contributed by atoms with E-state index in [2.05, 4.69) is 19.8 Å². The molecule has 3 rings (SSSR count). The van der Waals surface area contributed by atoms with Crippen LogP contribution in [0, 0.1) is 0 Å². The van der Waals surface area contributed by atoms with Gasteiger partial charge in [0.05, 0.1) is 12.4 Å². The first-order valence-electron chi connectivity index (χ1n) is 6.29. The van der Waals surface area contributed by atoms with Gasteiger partial charge in [-0.05, 0) is 19.3 Å². The average Bonchev–Trinajstić information content (AvgIpc) is 3.15. The largest absolute Gasteiger partial charge is 0.354 e. The maximum atomic E-state index is 5.88. The minimum Gasteiger partial charge on any atom is -0.354 e. The Morgan fingerprint density at radius 1 is 1.12 bits per heavy atom. The van der Waals surface area contributed by atoms with Crippen LogP contribution < -0.4 is 4.90 Å². The maximum Gasteiger partial charge on any atom is 0.149 e. The second kappa shape index (κ2) is 4.78. The van der Waals surface area contributed by atoms with E-state index < -0.39 is 0 Å². The Labute approximate surface area is 107 Å². The van der Waals surface area contributed by atoms with E-state index in [0.29, 0.717) is 5.15 Å². The third-order valence-electron chi connectivity index (χ3n) is 3.51. The Kier molecular flexibility index (Phi) is 3.16. The number of aromatic nitrogens is 2. The Morgan fingerprint density at radius 3 is 2.76 bits per heavy atom. The minimum atomic E-state index is 0.478. The highest BCUT2D eigenvalue weighted by molar-refractivity contribution is 6.29. The molecule has 5 heteroatoms. The van der Waals surface area contributed by atoms with Gasteiger partial charge in [-0.1, -0.05) is 11.6 Å². The monoisotopic (exact) mass is 252 g/mol. The van der Waals surface area contributed by atoms with Crippen molar-refractivity contribution >= 4 is 17.4 Å². The smallest absolute Gasteiger partial charge is 0.149 e. The molecule has 1 aliphatic heterocycles. The van der Waals surface area contributed by atoms with Crippen molar-refractivity contribution in [3.8, 4) is 0 Å². The number of nitrogens with zero attached hydrogens (tertiary/aromatic N) is 4. The number of hydrogen-bond donors (Lipinski definition) is 0. The molecule has 0 spiro atoms. The van der Waals surface area contributed by atoms with E-state index in [4.69, 9.17) is 11.6 Å². The Hall–Kier alpha value is -0.870. The Balaban J connectivity index is 1.67. The van der Waals surface area contributed by atoms with Crippen LogP contribution in [0.2, 0.25) is 5.15 Å². The maximum absolute atomic E-state index is 5.88. The fourth-order valence-corrected chi connectivity index (χ4v) is 2.60. The molecule has 0 aromatic carbocycles. The van der Waals surface area contributed by atoms with E-state index in [9.17, 15) is 0 Å². The molecule has 0 radical (unpaired) electrons. The summed E-state index contributed by atoms with van der Waals surface area (Å²) < 4.78 is 0. The van der Waals surface area contributed by atoms with E-state index >= 15 is 0 Å². The number of rotatable bonds is 2. The van der Waals surface area contributed by atoms with Gasteiger partial charge in [0.25, 0.3) is 0 Å². The van der Waals surface area contributed by atoms with E-state index in [1.54, 1.807) is 12.4 Å². The lowest BCUT2D eigenvalue weighted by molar-refractivity contribution is 0.283. The highest BCUT2D eigenvalue weighted by atomic mass is 35.5. The first-order valence-corrected chi connectivity index (χ1v) is 6.67. The third kappa shape index (κ3) is 2.69. The van der Waals surface area contributed by atoms with Crippen LogP contribution in [0.15, 0.2) is 12.4 Å². The molecule has 1 saturated carbocycles. The van der Waals surface area contributed by atoms with Crippen molar-refractivity contribution in [2.45, 2.75) is 25.3 Å². The first kappa shape index (κ1) is 11.2. The number of hydrogen-bond acceptors (Lipinski definition) is 4. The van der Waals surface area contributed by atoms with Gasteiger partial charge in [-0.3, -0.25) is 9.88 Å². The van der Waals surface area contributed by atoms with Crippen molar-refractivity contribution in [2.24, 2.45) is 0 Å². The lowest BCUT2D eigenvalue weighted by atomic mass is 10.4. The number of halogens is 1. The third-order valence-corrected chi connectivity index (χ3v) is 3.69. The molecule has 1 aromatic heterocycles. The van der Waals surface area contributed by atoms with Crippen LogP contribution in [0.5, 0.6) is 0 Å². The molecular weight excluding hydrogens is 236 g/mol. The Morgan fingerprint density at radius 2 is 2.00 bits per heavy atom. The molecule has 1 aromatic rings. The van der Waals surface area contributed by atoms with Crippen LogP contribution in [0.4, 0.5) is 5.82 Å². The minimum absolute atomic E-state index is 0.478. The molecule has 0 atom stereocenters. The molecule has 4 nitrogen and oxygen atoms in total.